The zero-order valence-corrected chi connectivity index (χ0v) is 28.1. The Morgan fingerprint density at radius 2 is 1.15 bits per heavy atom. The summed E-state index contributed by atoms with van der Waals surface area (Å²) in [6, 6.07) is 2.09. The maximum Gasteiger partial charge on any atom is 0.523 e. The number of unbranched alkanes of at least 4 members (excludes halogenated alkanes) is 11. The first-order valence-corrected chi connectivity index (χ1v) is 19.2. The highest BCUT2D eigenvalue weighted by molar-refractivity contribution is 7.89. The first-order valence-electron chi connectivity index (χ1n) is 14.9. The minimum Gasteiger partial charge on any atom is -0.390 e. The number of aliphatic hydroxyl groups excluding tert-OH is 1. The van der Waals surface area contributed by atoms with E-state index in [1.165, 1.54) is 25.0 Å². The van der Waals surface area contributed by atoms with Crippen LogP contribution in [-0.2, 0) is 38.6 Å². The fourth-order valence-electron chi connectivity index (χ4n) is 4.37. The molecule has 0 bridgehead atoms. The molecule has 0 saturated heterocycles. The topological polar surface area (TPSA) is 153 Å². The summed E-state index contributed by atoms with van der Waals surface area (Å²) in [5.41, 5.74) is -11.5. The summed E-state index contributed by atoms with van der Waals surface area (Å²) in [5, 5.41) is 10.7. The number of sulfonamides is 1. The van der Waals surface area contributed by atoms with Gasteiger partial charge in [0.1, 0.15) is 6.10 Å². The van der Waals surface area contributed by atoms with Crippen LogP contribution < -0.4 is 4.72 Å². The largest absolute Gasteiger partial charge is 0.523 e. The van der Waals surface area contributed by atoms with Crippen LogP contribution >= 0.6 is 0 Å². The van der Waals surface area contributed by atoms with E-state index in [-0.39, 0.29) is 6.42 Å². The molecule has 0 unspecified atom stereocenters. The average Bonchev–Trinajstić information content (AvgIpc) is 2.93. The number of benzene rings is 1. The van der Waals surface area contributed by atoms with Gasteiger partial charge in [0.05, 0.1) is 23.6 Å². The van der Waals surface area contributed by atoms with Crippen molar-refractivity contribution < 1.29 is 65.1 Å². The minimum atomic E-state index is -6.57. The molecule has 270 valence electrons. The summed E-state index contributed by atoms with van der Waals surface area (Å²) in [6.45, 7) is 1.84. The van der Waals surface area contributed by atoms with Gasteiger partial charge in [-0.05, 0) is 25.5 Å². The molecular weight excluding hydrogens is 692 g/mol. The summed E-state index contributed by atoms with van der Waals surface area (Å²) in [6.07, 6.45) is 5.32. The summed E-state index contributed by atoms with van der Waals surface area (Å²) in [5.74, 6) is 0. The Morgan fingerprint density at radius 3 is 1.59 bits per heavy atom. The van der Waals surface area contributed by atoms with E-state index >= 15 is 0 Å². The van der Waals surface area contributed by atoms with E-state index < -0.39 is 77.4 Å². The number of aliphatic hydroxyl groups is 1. The van der Waals surface area contributed by atoms with Gasteiger partial charge in [0.25, 0.3) is 0 Å². The van der Waals surface area contributed by atoms with Crippen molar-refractivity contribution in [1.82, 2.24) is 4.72 Å². The fraction of sp³-hybridized carbons (Fsp3) is 0.778. The Morgan fingerprint density at radius 1 is 0.717 bits per heavy atom. The van der Waals surface area contributed by atoms with E-state index in [0.29, 0.717) is 18.4 Å². The molecule has 0 saturated carbocycles. The molecule has 0 aliphatic carbocycles. The van der Waals surface area contributed by atoms with Crippen LogP contribution in [0, 0.1) is 6.92 Å². The van der Waals surface area contributed by atoms with Crippen molar-refractivity contribution in [1.29, 1.82) is 0 Å². The zero-order valence-electron chi connectivity index (χ0n) is 25.6. The molecule has 1 aromatic rings. The van der Waals surface area contributed by atoms with Gasteiger partial charge in [-0.3, -0.25) is 8.37 Å². The van der Waals surface area contributed by atoms with Gasteiger partial charge in [-0.15, -0.1) is 0 Å². The second-order valence-electron chi connectivity index (χ2n) is 10.9. The highest BCUT2D eigenvalue weighted by Gasteiger charge is 2.52. The molecule has 0 spiro atoms. The van der Waals surface area contributed by atoms with Gasteiger partial charge in [-0.25, -0.2) is 13.1 Å². The number of hydrogen-bond acceptors (Lipinski definition) is 9. The van der Waals surface area contributed by atoms with Gasteiger partial charge in [0.2, 0.25) is 10.0 Å². The molecule has 1 aromatic carbocycles. The van der Waals surface area contributed by atoms with E-state index in [0.717, 1.165) is 57.1 Å². The number of alkyl halides is 6. The van der Waals surface area contributed by atoms with Crippen molar-refractivity contribution >= 4 is 30.3 Å². The third kappa shape index (κ3) is 14.7. The molecule has 19 heteroatoms. The molecule has 0 fully saturated rings. The Bertz CT molecular complexity index is 1350. The molecule has 0 aliphatic heterocycles. The van der Waals surface area contributed by atoms with Crippen molar-refractivity contribution in [3.63, 3.8) is 0 Å². The normalized spacial score (nSPS) is 15.5. The Hall–Kier alpha value is -1.51. The lowest BCUT2D eigenvalue weighted by atomic mass is 10.00. The van der Waals surface area contributed by atoms with E-state index in [2.05, 4.69) is 15.3 Å². The maximum atomic E-state index is 13.2. The Balaban J connectivity index is 3.14. The summed E-state index contributed by atoms with van der Waals surface area (Å²) < 4.78 is 161. The second-order valence-corrected chi connectivity index (χ2v) is 15.8. The first-order chi connectivity index (χ1) is 21.1. The Kier molecular flexibility index (Phi) is 17.4. The summed E-state index contributed by atoms with van der Waals surface area (Å²) in [7, 11) is -17.9. The van der Waals surface area contributed by atoms with Gasteiger partial charge in [-0.1, -0.05) is 102 Å². The predicted octanol–water partition coefficient (Wildman–Crippen LogP) is 6.20. The van der Waals surface area contributed by atoms with Crippen LogP contribution in [0.25, 0.3) is 0 Å². The third-order valence-electron chi connectivity index (χ3n) is 6.97. The van der Waals surface area contributed by atoms with Gasteiger partial charge >= 0.3 is 31.3 Å². The van der Waals surface area contributed by atoms with Crippen molar-refractivity contribution in [3.8, 4) is 0 Å². The van der Waals surface area contributed by atoms with E-state index in [9.17, 15) is 56.7 Å². The smallest absolute Gasteiger partial charge is 0.390 e. The number of aryl methyl sites for hydroxylation is 1. The quantitative estimate of drug-likeness (QED) is 0.0580. The SMILES string of the molecule is CCCCCCCCCCCCCC[C@@H](O)[C@H](OS(=O)(=O)C(F)(F)F)[C@@H](COS(=O)(=O)C(F)(F)F)NS(=O)(=O)c1ccc(C)cc1. The first kappa shape index (κ1) is 42.5. The number of nitrogens with one attached hydrogen (secondary N) is 1. The average molecular weight is 736 g/mol. The molecule has 46 heavy (non-hydrogen) atoms. The summed E-state index contributed by atoms with van der Waals surface area (Å²) in [4.78, 5) is -0.561. The van der Waals surface area contributed by atoms with Crippen LogP contribution in [0.4, 0.5) is 26.3 Å². The lowest BCUT2D eigenvalue weighted by Gasteiger charge is -2.31. The fourth-order valence-corrected chi connectivity index (χ4v) is 6.72. The molecule has 2 N–H and O–H groups in total. The maximum absolute atomic E-state index is 13.2. The van der Waals surface area contributed by atoms with Crippen molar-refractivity contribution in [3.05, 3.63) is 29.8 Å². The summed E-state index contributed by atoms with van der Waals surface area (Å²) >= 11 is 0. The zero-order chi connectivity index (χ0) is 35.2. The molecular formula is C27H43F6NO9S3. The standard InChI is InChI=1S/C27H43F6NO9S3/c1-3-4-5-6-7-8-9-10-11-12-13-14-15-24(35)25(43-46(40,41)27(31,32)33)23(20-42-45(38,39)26(28,29)30)34-44(36,37)22-18-16-21(2)17-19-22/h16-19,23-25,34-35H,3-15,20H2,1-2H3/t23-,24-,25-/m1/s1. The van der Waals surface area contributed by atoms with Gasteiger partial charge < -0.3 is 5.11 Å². The van der Waals surface area contributed by atoms with Crippen molar-refractivity contribution in [2.75, 3.05) is 6.61 Å². The van der Waals surface area contributed by atoms with Crippen molar-refractivity contribution in [2.24, 2.45) is 0 Å². The van der Waals surface area contributed by atoms with Gasteiger partial charge in [0, 0.05) is 0 Å². The lowest BCUT2D eigenvalue weighted by Crippen LogP contribution is -2.54. The van der Waals surface area contributed by atoms with Crippen LogP contribution in [0.15, 0.2) is 29.2 Å². The predicted molar refractivity (Wildman–Crippen MR) is 158 cm³/mol. The monoisotopic (exact) mass is 735 g/mol. The van der Waals surface area contributed by atoms with E-state index in [4.69, 9.17) is 0 Å². The molecule has 10 nitrogen and oxygen atoms in total. The molecule has 3 atom stereocenters. The number of rotatable bonds is 23. The van der Waals surface area contributed by atoms with Gasteiger partial charge in [-0.2, -0.15) is 43.2 Å². The van der Waals surface area contributed by atoms with Crippen LogP contribution in [-0.4, -0.2) is 66.2 Å². The van der Waals surface area contributed by atoms with Crippen LogP contribution in [0.1, 0.15) is 96.0 Å². The third-order valence-corrected chi connectivity index (χ3v) is 10.5. The molecule has 0 amide bonds. The molecule has 0 aliphatic rings. The molecule has 0 radical (unpaired) electrons. The van der Waals surface area contributed by atoms with Crippen LogP contribution in [0.3, 0.4) is 0 Å². The van der Waals surface area contributed by atoms with Crippen LogP contribution in [0.5, 0.6) is 0 Å². The van der Waals surface area contributed by atoms with Crippen molar-refractivity contribution in [2.45, 2.75) is 131 Å². The Labute approximate surface area is 267 Å². The molecule has 1 rings (SSSR count). The highest BCUT2D eigenvalue weighted by Crippen LogP contribution is 2.30. The number of hydrogen-bond donors (Lipinski definition) is 2. The minimum absolute atomic E-state index is 0.0866. The second kappa shape index (κ2) is 18.9. The van der Waals surface area contributed by atoms with E-state index in [1.807, 2.05) is 0 Å². The van der Waals surface area contributed by atoms with E-state index in [1.54, 1.807) is 11.6 Å². The molecule has 0 aromatic heterocycles. The number of halogens is 6. The van der Waals surface area contributed by atoms with Gasteiger partial charge in [0.15, 0.2) is 0 Å². The molecule has 0 heterocycles. The van der Waals surface area contributed by atoms with Crippen LogP contribution in [0.2, 0.25) is 0 Å². The highest BCUT2D eigenvalue weighted by atomic mass is 32.2. The lowest BCUT2D eigenvalue weighted by molar-refractivity contribution is -0.0695.